The fourth-order valence-electron chi connectivity index (χ4n) is 1.07. The van der Waals surface area contributed by atoms with E-state index in [4.69, 9.17) is 10.8 Å². The lowest BCUT2D eigenvalue weighted by molar-refractivity contribution is -0.138. The van der Waals surface area contributed by atoms with Crippen LogP contribution in [0.4, 0.5) is 13.6 Å². The number of rotatable bonds is 6. The first-order chi connectivity index (χ1) is 7.73. The van der Waals surface area contributed by atoms with Crippen molar-refractivity contribution in [1.29, 1.82) is 0 Å². The molecule has 0 radical (unpaired) electrons. The largest absolute Gasteiger partial charge is 0.480 e. The highest BCUT2D eigenvalue weighted by Crippen LogP contribution is 2.01. The Kier molecular flexibility index (Phi) is 5.86. The molecule has 0 spiro atoms. The molecular weight excluding hydrogens is 240 g/mol. The maximum Gasteiger partial charge on any atom is 0.323 e. The molecule has 3 amide bonds. The number of carbonyl (C=O) groups is 3. The average Bonchev–Trinajstić information content (AvgIpc) is 2.12. The Labute approximate surface area is 95.8 Å². The molecule has 9 heteroatoms. The van der Waals surface area contributed by atoms with Crippen LogP contribution >= 0.6 is 0 Å². The van der Waals surface area contributed by atoms with Crippen LogP contribution in [-0.4, -0.2) is 65.9 Å². The van der Waals surface area contributed by atoms with Crippen LogP contribution in [0.3, 0.4) is 0 Å². The molecule has 0 aromatic carbocycles. The smallest absolute Gasteiger partial charge is 0.323 e. The second-order valence-corrected chi connectivity index (χ2v) is 3.27. The zero-order valence-electron chi connectivity index (χ0n) is 9.10. The standard InChI is InChI=1S/C8H13F2N3O4/c1-12(2-5(9)10)8(17)13(3-6(11)14)4-7(15)16/h5H,2-4H2,1H3,(H2,11,14)(H,15,16). The summed E-state index contributed by atoms with van der Waals surface area (Å²) in [5.74, 6) is -2.30. The van der Waals surface area contributed by atoms with Crippen LogP contribution in [0.25, 0.3) is 0 Å². The number of halogens is 2. The highest BCUT2D eigenvalue weighted by molar-refractivity contribution is 5.85. The van der Waals surface area contributed by atoms with Crippen molar-refractivity contribution in [3.63, 3.8) is 0 Å². The molecule has 0 bridgehead atoms. The van der Waals surface area contributed by atoms with Crippen LogP contribution in [-0.2, 0) is 9.59 Å². The van der Waals surface area contributed by atoms with Gasteiger partial charge in [0.1, 0.15) is 13.1 Å². The first-order valence-electron chi connectivity index (χ1n) is 4.52. The lowest BCUT2D eigenvalue weighted by Crippen LogP contribution is -2.48. The molecule has 7 nitrogen and oxygen atoms in total. The Bertz CT molecular complexity index is 295. The summed E-state index contributed by atoms with van der Waals surface area (Å²) in [4.78, 5) is 33.7. The van der Waals surface area contributed by atoms with E-state index in [9.17, 15) is 23.2 Å². The van der Waals surface area contributed by atoms with Gasteiger partial charge in [0.2, 0.25) is 5.91 Å². The minimum Gasteiger partial charge on any atom is -0.480 e. The Morgan fingerprint density at radius 1 is 1.29 bits per heavy atom. The zero-order valence-corrected chi connectivity index (χ0v) is 9.10. The van der Waals surface area contributed by atoms with Crippen molar-refractivity contribution in [2.45, 2.75) is 6.43 Å². The SMILES string of the molecule is CN(CC(F)F)C(=O)N(CC(N)=O)CC(=O)O. The predicted molar refractivity (Wildman–Crippen MR) is 52.4 cm³/mol. The van der Waals surface area contributed by atoms with Crippen molar-refractivity contribution in [3.8, 4) is 0 Å². The van der Waals surface area contributed by atoms with E-state index in [1.54, 1.807) is 0 Å². The number of carboxylic acids is 1. The molecule has 0 aromatic rings. The van der Waals surface area contributed by atoms with E-state index in [2.05, 4.69) is 0 Å². The maximum absolute atomic E-state index is 12.0. The Hall–Kier alpha value is -1.93. The van der Waals surface area contributed by atoms with Crippen molar-refractivity contribution in [3.05, 3.63) is 0 Å². The van der Waals surface area contributed by atoms with Crippen LogP contribution < -0.4 is 5.73 Å². The van der Waals surface area contributed by atoms with Crippen LogP contribution in [0, 0.1) is 0 Å². The monoisotopic (exact) mass is 253 g/mol. The van der Waals surface area contributed by atoms with Crippen LogP contribution in [0.5, 0.6) is 0 Å². The molecule has 17 heavy (non-hydrogen) atoms. The second kappa shape index (κ2) is 6.61. The Balaban J connectivity index is 4.61. The summed E-state index contributed by atoms with van der Waals surface area (Å²) in [5, 5.41) is 8.50. The number of carbonyl (C=O) groups excluding carboxylic acids is 2. The van der Waals surface area contributed by atoms with Gasteiger partial charge in [0.15, 0.2) is 0 Å². The summed E-state index contributed by atoms with van der Waals surface area (Å²) in [6.07, 6.45) is -2.75. The van der Waals surface area contributed by atoms with E-state index in [1.807, 2.05) is 0 Å². The highest BCUT2D eigenvalue weighted by Gasteiger charge is 2.23. The van der Waals surface area contributed by atoms with Crippen molar-refractivity contribution in [2.75, 3.05) is 26.7 Å². The number of carboxylic acid groups (broad SMARTS) is 1. The van der Waals surface area contributed by atoms with Gasteiger partial charge in [0.25, 0.3) is 6.43 Å². The van der Waals surface area contributed by atoms with Crippen molar-refractivity contribution in [1.82, 2.24) is 9.80 Å². The summed E-state index contributed by atoms with van der Waals surface area (Å²) in [7, 11) is 1.07. The van der Waals surface area contributed by atoms with Gasteiger partial charge in [-0.2, -0.15) is 0 Å². The molecule has 0 aliphatic heterocycles. The van der Waals surface area contributed by atoms with Gasteiger partial charge in [-0.3, -0.25) is 9.59 Å². The molecule has 0 rings (SSSR count). The number of hydrogen-bond acceptors (Lipinski definition) is 3. The number of nitrogens with two attached hydrogens (primary N) is 1. The van der Waals surface area contributed by atoms with Gasteiger partial charge in [0, 0.05) is 7.05 Å². The molecule has 98 valence electrons. The normalized spacial score (nSPS) is 10.1. The lowest BCUT2D eigenvalue weighted by atomic mass is 10.4. The van der Waals surface area contributed by atoms with Gasteiger partial charge in [-0.1, -0.05) is 0 Å². The van der Waals surface area contributed by atoms with Crippen molar-refractivity contribution in [2.24, 2.45) is 5.73 Å². The van der Waals surface area contributed by atoms with E-state index in [0.29, 0.717) is 9.80 Å². The van der Waals surface area contributed by atoms with E-state index >= 15 is 0 Å². The molecule has 0 aliphatic carbocycles. The number of hydrogen-bond donors (Lipinski definition) is 2. The molecule has 0 saturated carbocycles. The third kappa shape index (κ3) is 6.28. The van der Waals surface area contributed by atoms with Gasteiger partial charge in [0.05, 0.1) is 6.54 Å². The van der Waals surface area contributed by atoms with Gasteiger partial charge in [-0.15, -0.1) is 0 Å². The summed E-state index contributed by atoms with van der Waals surface area (Å²) in [6.45, 7) is -2.28. The molecule has 0 fully saturated rings. The van der Waals surface area contributed by atoms with Crippen LogP contribution in [0.2, 0.25) is 0 Å². The summed E-state index contributed by atoms with van der Waals surface area (Å²) >= 11 is 0. The van der Waals surface area contributed by atoms with E-state index < -0.39 is 44.0 Å². The number of primary amides is 1. The number of amides is 3. The van der Waals surface area contributed by atoms with Crippen LogP contribution in [0.1, 0.15) is 0 Å². The van der Waals surface area contributed by atoms with Gasteiger partial charge in [-0.05, 0) is 0 Å². The lowest BCUT2D eigenvalue weighted by Gasteiger charge is -2.25. The first kappa shape index (κ1) is 15.1. The maximum atomic E-state index is 12.0. The number of alkyl halides is 2. The molecule has 0 heterocycles. The Morgan fingerprint density at radius 3 is 2.18 bits per heavy atom. The topological polar surface area (TPSA) is 104 Å². The summed E-state index contributed by atoms with van der Waals surface area (Å²) in [6, 6.07) is -0.994. The fourth-order valence-corrected chi connectivity index (χ4v) is 1.07. The van der Waals surface area contributed by atoms with E-state index in [0.717, 1.165) is 7.05 Å². The fraction of sp³-hybridized carbons (Fsp3) is 0.625. The second-order valence-electron chi connectivity index (χ2n) is 3.27. The number of nitrogens with zero attached hydrogens (tertiary/aromatic N) is 2. The average molecular weight is 253 g/mol. The van der Waals surface area contributed by atoms with Crippen molar-refractivity contribution < 1.29 is 28.3 Å². The molecule has 3 N–H and O–H groups in total. The molecule has 0 aromatic heterocycles. The first-order valence-corrected chi connectivity index (χ1v) is 4.52. The third-order valence-electron chi connectivity index (χ3n) is 1.68. The van der Waals surface area contributed by atoms with Gasteiger partial charge in [-0.25, -0.2) is 13.6 Å². The van der Waals surface area contributed by atoms with Gasteiger partial charge < -0.3 is 20.6 Å². The zero-order chi connectivity index (χ0) is 13.6. The molecule has 0 unspecified atom stereocenters. The molecular formula is C8H13F2N3O4. The molecule has 0 aliphatic rings. The quantitative estimate of drug-likeness (QED) is 0.645. The Morgan fingerprint density at radius 2 is 1.82 bits per heavy atom. The molecule has 0 saturated heterocycles. The van der Waals surface area contributed by atoms with Crippen LogP contribution in [0.15, 0.2) is 0 Å². The minimum atomic E-state index is -2.75. The van der Waals surface area contributed by atoms with Crippen molar-refractivity contribution >= 4 is 17.9 Å². The van der Waals surface area contributed by atoms with E-state index in [-0.39, 0.29) is 0 Å². The van der Waals surface area contributed by atoms with Gasteiger partial charge >= 0.3 is 12.0 Å². The predicted octanol–water partition coefficient (Wildman–Crippen LogP) is -0.825. The summed E-state index contributed by atoms with van der Waals surface area (Å²) in [5.41, 5.74) is 4.82. The van der Waals surface area contributed by atoms with E-state index in [1.165, 1.54) is 0 Å². The summed E-state index contributed by atoms with van der Waals surface area (Å²) < 4.78 is 24.0. The number of aliphatic carboxylic acids is 1. The third-order valence-corrected chi connectivity index (χ3v) is 1.68. The minimum absolute atomic E-state index is 0.576. The highest BCUT2D eigenvalue weighted by atomic mass is 19.3. The number of urea groups is 1. The molecule has 0 atom stereocenters.